The van der Waals surface area contributed by atoms with E-state index in [1.54, 1.807) is 36.0 Å². The average Bonchev–Trinajstić information content (AvgIpc) is 3.40. The molecule has 2 aliphatic rings. The number of amidine groups is 1. The summed E-state index contributed by atoms with van der Waals surface area (Å²) in [7, 11) is 3.40. The Kier molecular flexibility index (Phi) is 5.89. The molecule has 1 aromatic heterocycles. The topological polar surface area (TPSA) is 115 Å². The molecule has 4 rings (SSSR count). The van der Waals surface area contributed by atoms with Gasteiger partial charge in [0.1, 0.15) is 0 Å². The molecule has 10 heteroatoms. The standard InChI is InChI=1S/C22H29F2N7O/c1-30-17(13-3-4-13)11-18(28-30)27-21(32)19(16-9-10-22(23,24)12-16)14-5-7-15(8-6-14)20(25)29-31(2)26/h5-8,11,13,16,19H,3-4,9-10,12,26H2,1-2H3,(H2,25,29)(H,27,28,32). The lowest BCUT2D eigenvalue weighted by Crippen LogP contribution is -2.28. The first-order chi connectivity index (χ1) is 15.1. The molecule has 0 bridgehead atoms. The van der Waals surface area contributed by atoms with Gasteiger partial charge in [-0.2, -0.15) is 5.10 Å². The van der Waals surface area contributed by atoms with E-state index in [-0.39, 0.29) is 31.0 Å². The molecule has 0 aliphatic heterocycles. The second-order valence-corrected chi connectivity index (χ2v) is 8.86. The number of nitrogens with zero attached hydrogens (tertiary/aromatic N) is 4. The minimum atomic E-state index is -2.75. The van der Waals surface area contributed by atoms with Crippen LogP contribution in [0.1, 0.15) is 60.8 Å². The highest BCUT2D eigenvalue weighted by Gasteiger charge is 2.45. The molecule has 2 atom stereocenters. The number of halogens is 2. The average molecular weight is 446 g/mol. The number of amides is 1. The summed E-state index contributed by atoms with van der Waals surface area (Å²) in [5.74, 6) is 2.38. The molecule has 32 heavy (non-hydrogen) atoms. The normalized spacial score (nSPS) is 21.4. The first-order valence-corrected chi connectivity index (χ1v) is 10.8. The van der Waals surface area contributed by atoms with Crippen LogP contribution in [0.4, 0.5) is 14.6 Å². The van der Waals surface area contributed by atoms with Crippen LogP contribution in [0.3, 0.4) is 0 Å². The van der Waals surface area contributed by atoms with Crippen molar-refractivity contribution >= 4 is 17.6 Å². The molecule has 8 nitrogen and oxygen atoms in total. The summed E-state index contributed by atoms with van der Waals surface area (Å²) < 4.78 is 29.8. The molecular formula is C22H29F2N7O. The Balaban J connectivity index is 1.59. The Bertz CT molecular complexity index is 1010. The van der Waals surface area contributed by atoms with Crippen molar-refractivity contribution in [3.63, 3.8) is 0 Å². The lowest BCUT2D eigenvalue weighted by molar-refractivity contribution is -0.118. The van der Waals surface area contributed by atoms with Crippen LogP contribution >= 0.6 is 0 Å². The van der Waals surface area contributed by atoms with Crippen LogP contribution in [0.2, 0.25) is 0 Å². The highest BCUT2D eigenvalue weighted by atomic mass is 19.3. The van der Waals surface area contributed by atoms with Gasteiger partial charge in [-0.15, -0.1) is 5.10 Å². The molecule has 1 heterocycles. The van der Waals surface area contributed by atoms with E-state index < -0.39 is 17.8 Å². The number of nitrogens with one attached hydrogen (secondary N) is 1. The number of hydrazone groups is 1. The molecule has 2 fully saturated rings. The van der Waals surface area contributed by atoms with Crippen molar-refractivity contribution in [2.75, 3.05) is 12.4 Å². The van der Waals surface area contributed by atoms with Crippen molar-refractivity contribution in [1.29, 1.82) is 0 Å². The third-order valence-electron chi connectivity index (χ3n) is 6.19. The van der Waals surface area contributed by atoms with E-state index in [1.165, 1.54) is 0 Å². The van der Waals surface area contributed by atoms with Crippen molar-refractivity contribution in [2.24, 2.45) is 29.6 Å². The molecule has 0 saturated heterocycles. The zero-order chi connectivity index (χ0) is 23.0. The van der Waals surface area contributed by atoms with Crippen molar-refractivity contribution in [3.05, 3.63) is 47.2 Å². The van der Waals surface area contributed by atoms with Crippen LogP contribution in [-0.4, -0.2) is 39.6 Å². The summed E-state index contributed by atoms with van der Waals surface area (Å²) in [4.78, 5) is 13.3. The van der Waals surface area contributed by atoms with Crippen molar-refractivity contribution in [3.8, 4) is 0 Å². The zero-order valence-electron chi connectivity index (χ0n) is 18.3. The van der Waals surface area contributed by atoms with Gasteiger partial charge in [0.25, 0.3) is 0 Å². The fourth-order valence-corrected chi connectivity index (χ4v) is 4.50. The number of alkyl halides is 2. The zero-order valence-corrected chi connectivity index (χ0v) is 18.3. The fourth-order valence-electron chi connectivity index (χ4n) is 4.50. The Morgan fingerprint density at radius 2 is 2.00 bits per heavy atom. The molecule has 2 saturated carbocycles. The monoisotopic (exact) mass is 445 g/mol. The maximum atomic E-state index is 14.0. The van der Waals surface area contributed by atoms with Crippen LogP contribution in [0.15, 0.2) is 35.4 Å². The fraction of sp³-hybridized carbons (Fsp3) is 0.500. The first kappa shape index (κ1) is 22.2. The van der Waals surface area contributed by atoms with Crippen molar-refractivity contribution in [2.45, 2.75) is 49.9 Å². The van der Waals surface area contributed by atoms with E-state index in [2.05, 4.69) is 15.5 Å². The minimum absolute atomic E-state index is 0.211. The number of rotatable bonds is 7. The van der Waals surface area contributed by atoms with Crippen LogP contribution in [0.5, 0.6) is 0 Å². The molecule has 5 N–H and O–H groups in total. The van der Waals surface area contributed by atoms with Gasteiger partial charge in [-0.1, -0.05) is 24.3 Å². The van der Waals surface area contributed by atoms with Gasteiger partial charge >= 0.3 is 0 Å². The summed E-state index contributed by atoms with van der Waals surface area (Å²) in [6, 6.07) is 8.79. The first-order valence-electron chi connectivity index (χ1n) is 10.8. The van der Waals surface area contributed by atoms with Gasteiger partial charge in [0.2, 0.25) is 11.8 Å². The molecule has 1 aromatic carbocycles. The van der Waals surface area contributed by atoms with E-state index >= 15 is 0 Å². The summed E-state index contributed by atoms with van der Waals surface area (Å²) in [6.07, 6.45) is 1.99. The summed E-state index contributed by atoms with van der Waals surface area (Å²) in [5.41, 5.74) is 8.28. The van der Waals surface area contributed by atoms with Crippen LogP contribution in [0.25, 0.3) is 0 Å². The van der Waals surface area contributed by atoms with Crippen LogP contribution in [-0.2, 0) is 11.8 Å². The predicted molar refractivity (Wildman–Crippen MR) is 118 cm³/mol. The molecule has 172 valence electrons. The Morgan fingerprint density at radius 1 is 1.31 bits per heavy atom. The highest BCUT2D eigenvalue weighted by molar-refractivity contribution is 5.98. The summed E-state index contributed by atoms with van der Waals surface area (Å²) >= 11 is 0. The van der Waals surface area contributed by atoms with Gasteiger partial charge in [0.15, 0.2) is 11.7 Å². The maximum absolute atomic E-state index is 14.0. The van der Waals surface area contributed by atoms with Crippen molar-refractivity contribution in [1.82, 2.24) is 14.9 Å². The van der Waals surface area contributed by atoms with Crippen LogP contribution < -0.4 is 16.9 Å². The molecule has 0 spiro atoms. The number of nitrogens with two attached hydrogens (primary N) is 2. The minimum Gasteiger partial charge on any atom is -0.382 e. The Labute approximate surface area is 185 Å². The quantitative estimate of drug-likeness (QED) is 0.262. The van der Waals surface area contributed by atoms with Crippen LogP contribution in [0, 0.1) is 5.92 Å². The third-order valence-corrected chi connectivity index (χ3v) is 6.19. The smallest absolute Gasteiger partial charge is 0.248 e. The number of carbonyl (C=O) groups is 1. The summed E-state index contributed by atoms with van der Waals surface area (Å²) in [6.45, 7) is 0. The van der Waals surface area contributed by atoms with Gasteiger partial charge in [-0.25, -0.2) is 19.7 Å². The third kappa shape index (κ3) is 4.90. The molecule has 2 aliphatic carbocycles. The Hall–Kier alpha value is -3.01. The van der Waals surface area contributed by atoms with E-state index in [0.29, 0.717) is 22.9 Å². The predicted octanol–water partition coefficient (Wildman–Crippen LogP) is 2.88. The van der Waals surface area contributed by atoms with E-state index in [9.17, 15) is 13.6 Å². The number of benzene rings is 1. The van der Waals surface area contributed by atoms with E-state index in [1.807, 2.05) is 13.1 Å². The summed E-state index contributed by atoms with van der Waals surface area (Å²) in [5, 5.41) is 12.3. The largest absolute Gasteiger partial charge is 0.382 e. The van der Waals surface area contributed by atoms with Gasteiger partial charge in [-0.05, 0) is 30.7 Å². The van der Waals surface area contributed by atoms with Gasteiger partial charge < -0.3 is 11.1 Å². The second kappa shape index (κ2) is 8.50. The van der Waals surface area contributed by atoms with Gasteiger partial charge in [-0.3, -0.25) is 9.48 Å². The number of hydrogen-bond donors (Lipinski definition) is 3. The SMILES string of the molecule is CN(N)/N=C(\N)c1ccc(C(C(=O)Nc2cc(C3CC3)n(C)n2)C2CCC(F)(F)C2)cc1. The number of aromatic nitrogens is 2. The molecule has 1 amide bonds. The highest BCUT2D eigenvalue weighted by Crippen LogP contribution is 2.46. The Morgan fingerprint density at radius 3 is 2.56 bits per heavy atom. The number of hydrogen-bond acceptors (Lipinski definition) is 5. The van der Waals surface area contributed by atoms with E-state index in [0.717, 1.165) is 23.7 Å². The van der Waals surface area contributed by atoms with E-state index in [4.69, 9.17) is 11.6 Å². The molecule has 2 aromatic rings. The number of hydrazine groups is 1. The second-order valence-electron chi connectivity index (χ2n) is 8.86. The number of aryl methyl sites for hydroxylation is 1. The lowest BCUT2D eigenvalue weighted by atomic mass is 9.83. The maximum Gasteiger partial charge on any atom is 0.248 e. The van der Waals surface area contributed by atoms with Crippen molar-refractivity contribution < 1.29 is 13.6 Å². The van der Waals surface area contributed by atoms with Gasteiger partial charge in [0, 0.05) is 50.2 Å². The molecule has 0 radical (unpaired) electrons. The molecule has 2 unspecified atom stereocenters. The molecular weight excluding hydrogens is 416 g/mol. The number of carbonyl (C=O) groups excluding carboxylic acids is 1. The van der Waals surface area contributed by atoms with Gasteiger partial charge in [0.05, 0.1) is 5.92 Å². The number of anilines is 1. The lowest BCUT2D eigenvalue weighted by Gasteiger charge is -2.23.